The summed E-state index contributed by atoms with van der Waals surface area (Å²) in [7, 11) is -3.74. The first-order valence-electron chi connectivity index (χ1n) is 16.6. The van der Waals surface area contributed by atoms with Crippen LogP contribution in [0.15, 0.2) is 97.1 Å². The Labute approximate surface area is 333 Å². The number of aromatic carboxylic acids is 1. The first kappa shape index (κ1) is 45.9. The summed E-state index contributed by atoms with van der Waals surface area (Å²) in [5.74, 6) is -5.73. The van der Waals surface area contributed by atoms with Crippen LogP contribution >= 0.6 is 0 Å². The Bertz CT molecular complexity index is 2570. The zero-order valence-corrected chi connectivity index (χ0v) is 31.2. The lowest BCUT2D eigenvalue weighted by Gasteiger charge is -2.24. The second-order valence-corrected chi connectivity index (χ2v) is 15.1. The topological polar surface area (TPSA) is 178 Å². The van der Waals surface area contributed by atoms with Crippen molar-refractivity contribution in [1.29, 1.82) is 0 Å². The molecule has 2 N–H and O–H groups in total. The number of hydrogen-bond donors (Lipinski definition) is 2. The Morgan fingerprint density at radius 3 is 1.29 bits per heavy atom. The Morgan fingerprint density at radius 1 is 0.552 bits per heavy atom. The average Bonchev–Trinajstić information content (AvgIpc) is 3.14. The smallest absolute Gasteiger partial charge is 0.354 e. The van der Waals surface area contributed by atoms with Crippen LogP contribution in [0.25, 0.3) is 22.5 Å². The van der Waals surface area contributed by atoms with Crippen molar-refractivity contribution in [1.82, 2.24) is 34.6 Å². The number of pyridine rings is 6. The molecule has 0 aliphatic rings. The fraction of sp³-hybridized carbons (Fsp3) is 0.220. The Morgan fingerprint density at radius 2 is 0.914 bits per heavy atom. The number of amides is 1. The Kier molecular flexibility index (Phi) is 14.4. The van der Waals surface area contributed by atoms with E-state index in [-0.39, 0.29) is 43.1 Å². The fourth-order valence-corrected chi connectivity index (χ4v) is 5.81. The highest BCUT2D eigenvalue weighted by molar-refractivity contribution is 7.89. The number of carboxylic acid groups (broad SMARTS) is 1. The van der Waals surface area contributed by atoms with Crippen molar-refractivity contribution < 1.29 is 40.7 Å². The molecule has 0 aliphatic heterocycles. The maximum atomic E-state index is 14.1. The van der Waals surface area contributed by atoms with E-state index < -0.39 is 56.5 Å². The van der Waals surface area contributed by atoms with Gasteiger partial charge in [-0.3, -0.25) is 14.8 Å². The van der Waals surface area contributed by atoms with Gasteiger partial charge in [0.05, 0.1) is 51.5 Å². The summed E-state index contributed by atoms with van der Waals surface area (Å²) in [4.78, 5) is 47.1. The van der Waals surface area contributed by atoms with Gasteiger partial charge in [0.1, 0.15) is 11.4 Å². The van der Waals surface area contributed by atoms with Gasteiger partial charge in [0, 0.05) is 10.8 Å². The molecule has 0 aliphatic carbocycles. The van der Waals surface area contributed by atoms with Crippen LogP contribution in [0.4, 0.5) is 17.6 Å². The molecule has 58 heavy (non-hydrogen) atoms. The molecule has 17 heteroatoms. The number of halogens is 4. The summed E-state index contributed by atoms with van der Waals surface area (Å²) in [6.07, 6.45) is 0.873. The predicted octanol–water partition coefficient (Wildman–Crippen LogP) is 7.95. The number of carboxylic acids is 1. The minimum Gasteiger partial charge on any atom is -0.477 e. The predicted molar refractivity (Wildman–Crippen MR) is 210 cm³/mol. The van der Waals surface area contributed by atoms with E-state index in [4.69, 9.17) is 5.11 Å². The normalized spacial score (nSPS) is 11.3. The molecule has 0 saturated heterocycles. The second-order valence-electron chi connectivity index (χ2n) is 13.3. The van der Waals surface area contributed by atoms with Gasteiger partial charge in [-0.25, -0.2) is 27.9 Å². The molecule has 0 radical (unpaired) electrons. The lowest BCUT2D eigenvalue weighted by Crippen LogP contribution is -2.31. The van der Waals surface area contributed by atoms with Crippen molar-refractivity contribution >= 4 is 21.9 Å². The summed E-state index contributed by atoms with van der Waals surface area (Å²) in [6.45, 7) is 7.29. The molecule has 6 rings (SSSR count). The van der Waals surface area contributed by atoms with E-state index in [1.807, 2.05) is 18.6 Å². The van der Waals surface area contributed by atoms with Crippen LogP contribution < -0.4 is 4.72 Å². The highest BCUT2D eigenvalue weighted by Gasteiger charge is 2.29. The van der Waals surface area contributed by atoms with E-state index in [0.717, 1.165) is 18.4 Å². The van der Waals surface area contributed by atoms with Crippen molar-refractivity contribution in [3.05, 3.63) is 155 Å². The fourth-order valence-electron chi connectivity index (χ4n) is 5.37. The molecule has 0 aromatic carbocycles. The van der Waals surface area contributed by atoms with Gasteiger partial charge >= 0.3 is 5.97 Å². The molecule has 0 unspecified atom stereocenters. The minimum absolute atomic E-state index is 0. The third kappa shape index (κ3) is 10.7. The molecule has 0 spiro atoms. The van der Waals surface area contributed by atoms with Crippen LogP contribution in [-0.2, 0) is 20.9 Å². The molecule has 1 amide bonds. The van der Waals surface area contributed by atoms with E-state index in [1.165, 1.54) is 24.3 Å². The van der Waals surface area contributed by atoms with Crippen molar-refractivity contribution in [3.8, 4) is 22.5 Å². The van der Waals surface area contributed by atoms with Gasteiger partial charge in [0.15, 0.2) is 0 Å². The highest BCUT2D eigenvalue weighted by Crippen LogP contribution is 2.32. The van der Waals surface area contributed by atoms with Gasteiger partial charge in [-0.15, -0.1) is 0 Å². The monoisotopic (exact) mass is 819 g/mol. The summed E-state index contributed by atoms with van der Waals surface area (Å²) in [6, 6.07) is 24.0. The highest BCUT2D eigenvalue weighted by atomic mass is 32.2. The maximum absolute atomic E-state index is 14.1. The van der Waals surface area contributed by atoms with Crippen molar-refractivity contribution in [3.63, 3.8) is 0 Å². The SMILES string of the molecule is C.C.CC(C)(c1cccc(C(=O)NS(C)(=O)=O)n1)c1cccc(-c2ccc(F)nc2F)n1.CC(C)(c1cccc(C(=O)O)n1)c1cccc(-c2ccc(F)nc2F)n1. The second kappa shape index (κ2) is 18.2. The van der Waals surface area contributed by atoms with E-state index in [2.05, 4.69) is 29.9 Å². The molecule has 6 aromatic heterocycles. The zero-order chi connectivity index (χ0) is 41.0. The summed E-state index contributed by atoms with van der Waals surface area (Å²) >= 11 is 0. The van der Waals surface area contributed by atoms with Crippen LogP contribution in [-0.4, -0.2) is 61.6 Å². The first-order chi connectivity index (χ1) is 26.3. The lowest BCUT2D eigenvalue weighted by molar-refractivity contribution is 0.0689. The van der Waals surface area contributed by atoms with Gasteiger partial charge in [-0.1, -0.05) is 39.1 Å². The third-order valence-corrected chi connectivity index (χ3v) is 9.03. The summed E-state index contributed by atoms with van der Waals surface area (Å²) in [5, 5.41) is 9.13. The van der Waals surface area contributed by atoms with E-state index in [0.29, 0.717) is 28.5 Å². The van der Waals surface area contributed by atoms with Crippen LogP contribution in [0, 0.1) is 23.8 Å². The van der Waals surface area contributed by atoms with Crippen molar-refractivity contribution in [2.75, 3.05) is 6.26 Å². The van der Waals surface area contributed by atoms with Crippen LogP contribution in [0.2, 0.25) is 0 Å². The molecule has 0 fully saturated rings. The molecular formula is C41H41F4N7O5S. The summed E-state index contributed by atoms with van der Waals surface area (Å²) < 4.78 is 78.7. The van der Waals surface area contributed by atoms with E-state index in [9.17, 15) is 35.6 Å². The van der Waals surface area contributed by atoms with Crippen LogP contribution in [0.3, 0.4) is 0 Å². The molecule has 12 nitrogen and oxygen atoms in total. The largest absolute Gasteiger partial charge is 0.477 e. The van der Waals surface area contributed by atoms with Gasteiger partial charge in [0.25, 0.3) is 5.91 Å². The van der Waals surface area contributed by atoms with Crippen molar-refractivity contribution in [2.24, 2.45) is 0 Å². The van der Waals surface area contributed by atoms with E-state index >= 15 is 0 Å². The summed E-state index contributed by atoms with van der Waals surface area (Å²) in [5.41, 5.74) is 1.03. The Hall–Kier alpha value is -6.49. The number of sulfonamides is 1. The number of nitrogens with zero attached hydrogens (tertiary/aromatic N) is 6. The number of carbonyl (C=O) groups excluding carboxylic acids is 1. The minimum atomic E-state index is -3.74. The van der Waals surface area contributed by atoms with Gasteiger partial charge in [-0.05, 0) is 100 Å². The van der Waals surface area contributed by atoms with E-state index in [1.54, 1.807) is 74.5 Å². The molecule has 304 valence electrons. The molecule has 0 saturated carbocycles. The number of rotatable bonds is 9. The van der Waals surface area contributed by atoms with Gasteiger partial charge in [0.2, 0.25) is 33.8 Å². The van der Waals surface area contributed by atoms with Gasteiger partial charge in [-0.2, -0.15) is 27.5 Å². The lowest BCUT2D eigenvalue weighted by atomic mass is 9.84. The van der Waals surface area contributed by atoms with Crippen molar-refractivity contribution in [2.45, 2.75) is 53.4 Å². The molecule has 0 bridgehead atoms. The average molecular weight is 820 g/mol. The zero-order valence-electron chi connectivity index (χ0n) is 30.4. The quantitative estimate of drug-likeness (QED) is 0.107. The molecular weight excluding hydrogens is 779 g/mol. The number of hydrogen-bond acceptors (Lipinski definition) is 10. The molecule has 6 heterocycles. The molecule has 0 atom stereocenters. The standard InChI is InChI=1S/C20H18F2N4O3S.C19H15F2N3O2.2CH4/c1-20(2,16-9-5-7-14(24-16)19(27)26-30(3,28)29)15-8-4-6-13(23-15)12-10-11-17(21)25-18(12)22;1-19(2,15-8-4-6-13(23-15)18(25)26)14-7-3-5-12(22-14)11-9-10-16(20)24-17(11)21;;/h4-11H,1-3H3,(H,26,27);3-10H,1-2H3,(H,25,26);2*1H4. The first-order valence-corrected chi connectivity index (χ1v) is 18.5. The number of aromatic nitrogens is 6. The van der Waals surface area contributed by atoms with Crippen LogP contribution in [0.1, 0.15) is 86.3 Å². The maximum Gasteiger partial charge on any atom is 0.354 e. The number of nitrogens with one attached hydrogen (secondary N) is 1. The number of carbonyl (C=O) groups is 2. The molecule has 6 aromatic rings. The Balaban J connectivity index is 0.000000303. The third-order valence-electron chi connectivity index (χ3n) is 8.47. The van der Waals surface area contributed by atoms with Gasteiger partial charge < -0.3 is 5.11 Å². The van der Waals surface area contributed by atoms with Crippen LogP contribution in [0.5, 0.6) is 0 Å².